The maximum atomic E-state index is 15.0. The Labute approximate surface area is 231 Å². The third-order valence-electron chi connectivity index (χ3n) is 8.73. The van der Waals surface area contributed by atoms with Crippen LogP contribution in [-0.2, 0) is 27.2 Å². The first-order chi connectivity index (χ1) is 19.5. The van der Waals surface area contributed by atoms with E-state index in [-0.39, 0.29) is 35.6 Å². The Morgan fingerprint density at radius 1 is 1.15 bits per heavy atom. The van der Waals surface area contributed by atoms with Gasteiger partial charge in [-0.25, -0.2) is 14.4 Å². The molecule has 4 fully saturated rings. The zero-order valence-corrected chi connectivity index (χ0v) is 22.2. The van der Waals surface area contributed by atoms with Gasteiger partial charge in [0.25, 0.3) is 5.91 Å². The molecule has 0 aromatic carbocycles. The number of carbonyl (C=O) groups is 1. The van der Waals surface area contributed by atoms with Gasteiger partial charge in [0.15, 0.2) is 18.2 Å². The van der Waals surface area contributed by atoms with Gasteiger partial charge in [0, 0.05) is 36.7 Å². The molecule has 210 valence electrons. The Bertz CT molecular complexity index is 1420. The Hall–Kier alpha value is -3.41. The summed E-state index contributed by atoms with van der Waals surface area (Å²) in [5.41, 5.74) is 2.20. The molecule has 2 bridgehead atoms. The first kappa shape index (κ1) is 25.6. The number of hydrogen-bond donors (Lipinski definition) is 2. The SMILES string of the molecule is O=C1COc2ccc(CNC34CCC(CCc5c(F)cnc6ccc(OCC7CCO7)nc56)(CC3)OC4)nc2N1. The van der Waals surface area contributed by atoms with Crippen molar-refractivity contribution in [3.05, 3.63) is 47.5 Å². The minimum Gasteiger partial charge on any atom is -0.480 e. The van der Waals surface area contributed by atoms with E-state index in [4.69, 9.17) is 18.9 Å². The molecule has 0 spiro atoms. The highest BCUT2D eigenvalue weighted by molar-refractivity contribution is 5.94. The number of carbonyl (C=O) groups excluding carboxylic acids is 1. The van der Waals surface area contributed by atoms with E-state index in [9.17, 15) is 4.79 Å². The van der Waals surface area contributed by atoms with Crippen molar-refractivity contribution in [1.29, 1.82) is 0 Å². The molecule has 40 heavy (non-hydrogen) atoms. The number of amides is 1. The first-order valence-corrected chi connectivity index (χ1v) is 14.0. The second-order valence-corrected chi connectivity index (χ2v) is 11.3. The van der Waals surface area contributed by atoms with Crippen LogP contribution >= 0.6 is 0 Å². The lowest BCUT2D eigenvalue weighted by molar-refractivity contribution is -0.165. The smallest absolute Gasteiger partial charge is 0.263 e. The molecule has 1 amide bonds. The van der Waals surface area contributed by atoms with E-state index >= 15 is 4.39 Å². The van der Waals surface area contributed by atoms with Gasteiger partial charge in [0.1, 0.15) is 12.4 Å². The third-order valence-corrected chi connectivity index (χ3v) is 8.73. The number of nitrogens with one attached hydrogen (secondary N) is 2. The summed E-state index contributed by atoms with van der Waals surface area (Å²) in [6, 6.07) is 7.36. The van der Waals surface area contributed by atoms with Crippen molar-refractivity contribution in [1.82, 2.24) is 20.3 Å². The van der Waals surface area contributed by atoms with Gasteiger partial charge in [0.05, 0.1) is 41.2 Å². The average molecular weight is 550 g/mol. The number of rotatable bonds is 9. The van der Waals surface area contributed by atoms with E-state index in [0.29, 0.717) is 66.6 Å². The lowest BCUT2D eigenvalue weighted by Gasteiger charge is -2.53. The highest BCUT2D eigenvalue weighted by Crippen LogP contribution is 2.46. The number of hydrogen-bond acceptors (Lipinski definition) is 9. The summed E-state index contributed by atoms with van der Waals surface area (Å²) in [5.74, 6) is 0.965. The van der Waals surface area contributed by atoms with Gasteiger partial charge in [0.2, 0.25) is 5.88 Å². The van der Waals surface area contributed by atoms with Crippen molar-refractivity contribution in [3.8, 4) is 11.6 Å². The molecule has 0 radical (unpaired) electrons. The van der Waals surface area contributed by atoms with Gasteiger partial charge in [-0.2, -0.15) is 0 Å². The van der Waals surface area contributed by atoms with E-state index in [2.05, 4.69) is 25.6 Å². The number of anilines is 1. The topological polar surface area (TPSA) is 117 Å². The molecule has 1 aliphatic carbocycles. The molecule has 8 rings (SSSR count). The molecule has 3 aromatic rings. The summed E-state index contributed by atoms with van der Waals surface area (Å²) in [6.45, 7) is 2.38. The van der Waals surface area contributed by atoms with Crippen LogP contribution in [0, 0.1) is 5.82 Å². The van der Waals surface area contributed by atoms with Crippen LogP contribution in [0.1, 0.15) is 49.8 Å². The second-order valence-electron chi connectivity index (χ2n) is 11.3. The molecule has 11 heteroatoms. The van der Waals surface area contributed by atoms with Crippen LogP contribution in [0.15, 0.2) is 30.5 Å². The fourth-order valence-corrected chi connectivity index (χ4v) is 6.04. The molecule has 1 unspecified atom stereocenters. The lowest BCUT2D eigenvalue weighted by Crippen LogP contribution is -2.61. The number of aromatic nitrogens is 3. The zero-order valence-electron chi connectivity index (χ0n) is 22.2. The maximum Gasteiger partial charge on any atom is 0.263 e. The zero-order chi connectivity index (χ0) is 27.2. The highest BCUT2D eigenvalue weighted by atomic mass is 19.1. The van der Waals surface area contributed by atoms with Crippen molar-refractivity contribution in [2.45, 2.75) is 68.7 Å². The summed E-state index contributed by atoms with van der Waals surface area (Å²) in [7, 11) is 0. The largest absolute Gasteiger partial charge is 0.480 e. The van der Waals surface area contributed by atoms with Crippen LogP contribution in [0.3, 0.4) is 0 Å². The first-order valence-electron chi connectivity index (χ1n) is 14.0. The standard InChI is InChI=1S/C29H32FN5O5/c30-21-14-31-22-2-4-25(39-15-19-6-12-37-19)35-26(22)20(21)5-7-29-10-8-28(9-11-29,17-40-29)32-13-18-1-3-23-27(33-18)34-24(36)16-38-23/h1-4,14,19,32H,5-13,15-17H2,(H,33,34,36). The predicted molar refractivity (Wildman–Crippen MR) is 143 cm³/mol. The highest BCUT2D eigenvalue weighted by Gasteiger charge is 2.49. The van der Waals surface area contributed by atoms with E-state index in [1.54, 1.807) is 6.07 Å². The number of pyridine rings is 3. The number of nitrogens with zero attached hydrogens (tertiary/aromatic N) is 3. The summed E-state index contributed by atoms with van der Waals surface area (Å²) >= 11 is 0. The second kappa shape index (κ2) is 10.2. The van der Waals surface area contributed by atoms with Gasteiger partial charge >= 0.3 is 0 Å². The van der Waals surface area contributed by atoms with Crippen LogP contribution in [-0.4, -0.2) is 64.5 Å². The lowest BCUT2D eigenvalue weighted by atomic mass is 9.69. The van der Waals surface area contributed by atoms with Crippen LogP contribution < -0.4 is 20.1 Å². The number of aryl methyl sites for hydroxylation is 1. The molecule has 10 nitrogen and oxygen atoms in total. The van der Waals surface area contributed by atoms with Crippen molar-refractivity contribution in [2.24, 2.45) is 0 Å². The van der Waals surface area contributed by atoms with Gasteiger partial charge in [-0.3, -0.25) is 9.78 Å². The number of ether oxygens (including phenoxy) is 4. The van der Waals surface area contributed by atoms with Crippen molar-refractivity contribution in [2.75, 3.05) is 31.7 Å². The van der Waals surface area contributed by atoms with E-state index in [0.717, 1.165) is 44.4 Å². The molecule has 1 atom stereocenters. The molecule has 2 N–H and O–H groups in total. The molecule has 7 heterocycles. The Kier molecular flexibility index (Phi) is 6.52. The quantitative estimate of drug-likeness (QED) is 0.414. The molecular weight excluding hydrogens is 517 g/mol. The molecule has 5 aliphatic rings. The van der Waals surface area contributed by atoms with Gasteiger partial charge in [-0.15, -0.1) is 0 Å². The minimum atomic E-state index is -0.349. The van der Waals surface area contributed by atoms with E-state index in [1.165, 1.54) is 6.20 Å². The van der Waals surface area contributed by atoms with Crippen molar-refractivity contribution in [3.63, 3.8) is 0 Å². The maximum absolute atomic E-state index is 15.0. The molecule has 4 aliphatic heterocycles. The van der Waals surface area contributed by atoms with Crippen LogP contribution in [0.4, 0.5) is 10.2 Å². The Balaban J connectivity index is 0.985. The number of fused-ring (bicyclic) bond motifs is 5. The molecular formula is C29H32FN5O5. The van der Waals surface area contributed by atoms with Gasteiger partial charge in [-0.1, -0.05) is 0 Å². The van der Waals surface area contributed by atoms with Crippen LogP contribution in [0.2, 0.25) is 0 Å². The van der Waals surface area contributed by atoms with E-state index in [1.807, 2.05) is 18.2 Å². The monoisotopic (exact) mass is 549 g/mol. The summed E-state index contributed by atoms with van der Waals surface area (Å²) in [6.07, 6.45) is 7.33. The van der Waals surface area contributed by atoms with Crippen LogP contribution in [0.25, 0.3) is 11.0 Å². The minimum absolute atomic E-state index is 0.0146. The fourth-order valence-electron chi connectivity index (χ4n) is 6.04. The molecule has 1 saturated carbocycles. The summed E-state index contributed by atoms with van der Waals surface area (Å²) < 4.78 is 38.1. The number of halogens is 1. The summed E-state index contributed by atoms with van der Waals surface area (Å²) in [5, 5.41) is 6.43. The Morgan fingerprint density at radius 2 is 2.02 bits per heavy atom. The molecule has 3 saturated heterocycles. The van der Waals surface area contributed by atoms with Gasteiger partial charge < -0.3 is 29.6 Å². The van der Waals surface area contributed by atoms with Crippen LogP contribution in [0.5, 0.6) is 11.6 Å². The predicted octanol–water partition coefficient (Wildman–Crippen LogP) is 3.47. The summed E-state index contributed by atoms with van der Waals surface area (Å²) in [4.78, 5) is 25.0. The Morgan fingerprint density at radius 3 is 2.80 bits per heavy atom. The fraction of sp³-hybridized carbons (Fsp3) is 0.517. The van der Waals surface area contributed by atoms with Crippen molar-refractivity contribution >= 4 is 22.8 Å². The van der Waals surface area contributed by atoms with Gasteiger partial charge in [-0.05, 0) is 56.7 Å². The average Bonchev–Trinajstić information content (AvgIpc) is 2.95. The molecule has 3 aromatic heterocycles. The normalized spacial score (nSPS) is 27.0. The van der Waals surface area contributed by atoms with E-state index < -0.39 is 0 Å². The third kappa shape index (κ3) is 4.97. The van der Waals surface area contributed by atoms with Crippen molar-refractivity contribution < 1.29 is 28.1 Å².